The molecule has 0 radical (unpaired) electrons. The van der Waals surface area contributed by atoms with Gasteiger partial charge < -0.3 is 16.4 Å². The zero-order chi connectivity index (χ0) is 9.52. The molecular weight excluding hydrogens is 166 g/mol. The molecule has 1 amide bonds. The molecular formula is C9H19N3O. The molecule has 1 heterocycles. The van der Waals surface area contributed by atoms with Crippen LogP contribution in [0.2, 0.25) is 0 Å². The quantitative estimate of drug-likeness (QED) is 0.510. The van der Waals surface area contributed by atoms with Crippen LogP contribution in [0.15, 0.2) is 0 Å². The van der Waals surface area contributed by atoms with Crippen LogP contribution >= 0.6 is 0 Å². The van der Waals surface area contributed by atoms with E-state index in [9.17, 15) is 4.79 Å². The lowest BCUT2D eigenvalue weighted by Crippen LogP contribution is -2.40. The SMILES string of the molecule is NCCCCNC(=O)[C@@H]1CCCN1. The summed E-state index contributed by atoms with van der Waals surface area (Å²) in [5, 5.41) is 6.06. The molecule has 1 atom stereocenters. The second-order valence-corrected chi connectivity index (χ2v) is 3.44. The molecule has 4 heteroatoms. The van der Waals surface area contributed by atoms with E-state index in [1.54, 1.807) is 0 Å². The highest BCUT2D eigenvalue weighted by molar-refractivity contribution is 5.81. The van der Waals surface area contributed by atoms with Gasteiger partial charge in [-0.1, -0.05) is 0 Å². The minimum Gasteiger partial charge on any atom is -0.355 e. The largest absolute Gasteiger partial charge is 0.355 e. The van der Waals surface area contributed by atoms with Crippen molar-refractivity contribution in [1.29, 1.82) is 0 Å². The van der Waals surface area contributed by atoms with Gasteiger partial charge in [0.05, 0.1) is 6.04 Å². The third kappa shape index (κ3) is 3.74. The van der Waals surface area contributed by atoms with Gasteiger partial charge >= 0.3 is 0 Å². The highest BCUT2D eigenvalue weighted by Crippen LogP contribution is 2.04. The van der Waals surface area contributed by atoms with Crippen LogP contribution in [0.3, 0.4) is 0 Å². The van der Waals surface area contributed by atoms with E-state index < -0.39 is 0 Å². The topological polar surface area (TPSA) is 67.1 Å². The average Bonchev–Trinajstić information content (AvgIpc) is 2.65. The second kappa shape index (κ2) is 5.94. The fourth-order valence-electron chi connectivity index (χ4n) is 1.51. The minimum atomic E-state index is 0.0536. The number of carbonyl (C=O) groups is 1. The van der Waals surface area contributed by atoms with Crippen LogP contribution in [0.4, 0.5) is 0 Å². The van der Waals surface area contributed by atoms with Gasteiger partial charge in [-0.25, -0.2) is 0 Å². The predicted octanol–water partition coefficient (Wildman–Crippen LogP) is -0.406. The molecule has 1 saturated heterocycles. The fraction of sp³-hybridized carbons (Fsp3) is 0.889. The zero-order valence-electron chi connectivity index (χ0n) is 8.01. The number of rotatable bonds is 5. The van der Waals surface area contributed by atoms with E-state index >= 15 is 0 Å². The lowest BCUT2D eigenvalue weighted by Gasteiger charge is -2.10. The predicted molar refractivity (Wildman–Crippen MR) is 52.3 cm³/mol. The third-order valence-corrected chi connectivity index (χ3v) is 2.31. The van der Waals surface area contributed by atoms with Crippen molar-refractivity contribution in [1.82, 2.24) is 10.6 Å². The first-order valence-corrected chi connectivity index (χ1v) is 5.06. The van der Waals surface area contributed by atoms with Crippen molar-refractivity contribution in [2.45, 2.75) is 31.7 Å². The highest BCUT2D eigenvalue weighted by atomic mass is 16.2. The maximum atomic E-state index is 11.4. The number of nitrogens with two attached hydrogens (primary N) is 1. The number of hydrogen-bond acceptors (Lipinski definition) is 3. The Morgan fingerprint density at radius 3 is 3.00 bits per heavy atom. The fourth-order valence-corrected chi connectivity index (χ4v) is 1.51. The van der Waals surface area contributed by atoms with Crippen LogP contribution in [0.1, 0.15) is 25.7 Å². The van der Waals surface area contributed by atoms with Gasteiger partial charge in [0.1, 0.15) is 0 Å². The van der Waals surface area contributed by atoms with Crippen molar-refractivity contribution in [3.8, 4) is 0 Å². The maximum absolute atomic E-state index is 11.4. The summed E-state index contributed by atoms with van der Waals surface area (Å²) in [4.78, 5) is 11.4. The Bertz CT molecular complexity index is 155. The summed E-state index contributed by atoms with van der Waals surface area (Å²) >= 11 is 0. The smallest absolute Gasteiger partial charge is 0.237 e. The normalized spacial score (nSPS) is 21.8. The molecule has 0 bridgehead atoms. The average molecular weight is 185 g/mol. The summed E-state index contributed by atoms with van der Waals surface area (Å²) in [7, 11) is 0. The zero-order valence-corrected chi connectivity index (χ0v) is 8.01. The van der Waals surface area contributed by atoms with E-state index in [0.717, 1.165) is 38.8 Å². The molecule has 4 N–H and O–H groups in total. The molecule has 76 valence electrons. The van der Waals surface area contributed by atoms with Crippen molar-refractivity contribution < 1.29 is 4.79 Å². The summed E-state index contributed by atoms with van der Waals surface area (Å²) in [5.74, 6) is 0.148. The first-order valence-electron chi connectivity index (χ1n) is 5.06. The van der Waals surface area contributed by atoms with Gasteiger partial charge in [-0.05, 0) is 38.8 Å². The van der Waals surface area contributed by atoms with Crippen molar-refractivity contribution in [3.63, 3.8) is 0 Å². The summed E-state index contributed by atoms with van der Waals surface area (Å²) in [5.41, 5.74) is 5.34. The number of unbranched alkanes of at least 4 members (excludes halogenated alkanes) is 1. The number of carbonyl (C=O) groups excluding carboxylic acids is 1. The standard InChI is InChI=1S/C9H19N3O/c10-5-1-2-6-12-9(13)8-4-3-7-11-8/h8,11H,1-7,10H2,(H,12,13)/t8-/m0/s1. The van der Waals surface area contributed by atoms with Gasteiger partial charge in [-0.3, -0.25) is 4.79 Å². The van der Waals surface area contributed by atoms with E-state index in [0.29, 0.717) is 6.54 Å². The summed E-state index contributed by atoms with van der Waals surface area (Å²) < 4.78 is 0. The molecule has 0 unspecified atom stereocenters. The van der Waals surface area contributed by atoms with E-state index in [2.05, 4.69) is 10.6 Å². The van der Waals surface area contributed by atoms with Crippen molar-refractivity contribution in [3.05, 3.63) is 0 Å². The number of nitrogens with one attached hydrogen (secondary N) is 2. The van der Waals surface area contributed by atoms with Crippen LogP contribution < -0.4 is 16.4 Å². The van der Waals surface area contributed by atoms with Crippen LogP contribution in [0, 0.1) is 0 Å². The third-order valence-electron chi connectivity index (χ3n) is 2.31. The van der Waals surface area contributed by atoms with Gasteiger partial charge in [0.2, 0.25) is 5.91 Å². The Labute approximate surface area is 79.3 Å². The lowest BCUT2D eigenvalue weighted by atomic mass is 10.2. The molecule has 0 saturated carbocycles. The summed E-state index contributed by atoms with van der Waals surface area (Å²) in [6.45, 7) is 2.44. The molecule has 0 aromatic rings. The molecule has 0 aliphatic carbocycles. The summed E-state index contributed by atoms with van der Waals surface area (Å²) in [6, 6.07) is 0.0536. The molecule has 1 aliphatic heterocycles. The van der Waals surface area contributed by atoms with Gasteiger partial charge in [0, 0.05) is 6.54 Å². The van der Waals surface area contributed by atoms with Crippen molar-refractivity contribution in [2.75, 3.05) is 19.6 Å². The molecule has 4 nitrogen and oxygen atoms in total. The van der Waals surface area contributed by atoms with Crippen LogP contribution in [0.25, 0.3) is 0 Å². The molecule has 1 fully saturated rings. The minimum absolute atomic E-state index is 0.0536. The van der Waals surface area contributed by atoms with Gasteiger partial charge in [-0.2, -0.15) is 0 Å². The van der Waals surface area contributed by atoms with Crippen molar-refractivity contribution >= 4 is 5.91 Å². The van der Waals surface area contributed by atoms with Gasteiger partial charge in [0.25, 0.3) is 0 Å². The van der Waals surface area contributed by atoms with E-state index in [1.807, 2.05) is 0 Å². The molecule has 0 spiro atoms. The van der Waals surface area contributed by atoms with Crippen LogP contribution in [-0.2, 0) is 4.79 Å². The number of hydrogen-bond donors (Lipinski definition) is 3. The van der Waals surface area contributed by atoms with E-state index in [4.69, 9.17) is 5.73 Å². The molecule has 1 rings (SSSR count). The Balaban J connectivity index is 2.03. The second-order valence-electron chi connectivity index (χ2n) is 3.44. The van der Waals surface area contributed by atoms with Gasteiger partial charge in [0.15, 0.2) is 0 Å². The first-order chi connectivity index (χ1) is 6.34. The van der Waals surface area contributed by atoms with Crippen molar-refractivity contribution in [2.24, 2.45) is 5.73 Å². The number of amides is 1. The molecule has 1 aliphatic rings. The Morgan fingerprint density at radius 2 is 2.38 bits per heavy atom. The van der Waals surface area contributed by atoms with Crippen LogP contribution in [0.5, 0.6) is 0 Å². The van der Waals surface area contributed by atoms with E-state index in [1.165, 1.54) is 0 Å². The highest BCUT2D eigenvalue weighted by Gasteiger charge is 2.20. The first kappa shape index (κ1) is 10.5. The Morgan fingerprint density at radius 1 is 1.54 bits per heavy atom. The molecule has 0 aromatic heterocycles. The molecule has 13 heavy (non-hydrogen) atoms. The summed E-state index contributed by atoms with van der Waals surface area (Å²) in [6.07, 6.45) is 4.05. The Kier molecular flexibility index (Phi) is 4.78. The molecule has 0 aromatic carbocycles. The van der Waals surface area contributed by atoms with Crippen LogP contribution in [-0.4, -0.2) is 31.6 Å². The Hall–Kier alpha value is -0.610. The lowest BCUT2D eigenvalue weighted by molar-refractivity contribution is -0.122. The maximum Gasteiger partial charge on any atom is 0.237 e. The van der Waals surface area contributed by atoms with Gasteiger partial charge in [-0.15, -0.1) is 0 Å². The monoisotopic (exact) mass is 185 g/mol. The van der Waals surface area contributed by atoms with E-state index in [-0.39, 0.29) is 11.9 Å².